The molecule has 0 radical (unpaired) electrons. The number of benzene rings is 1. The minimum Gasteiger partial charge on any atom is -0.361 e. The summed E-state index contributed by atoms with van der Waals surface area (Å²) in [6.45, 7) is 3.60. The maximum absolute atomic E-state index is 11.7. The third-order valence-corrected chi connectivity index (χ3v) is 2.46. The molecule has 1 aromatic heterocycles. The summed E-state index contributed by atoms with van der Waals surface area (Å²) in [6.07, 6.45) is 0. The van der Waals surface area contributed by atoms with E-state index in [0.29, 0.717) is 11.3 Å². The molecule has 0 aliphatic heterocycles. The van der Waals surface area contributed by atoms with Crippen molar-refractivity contribution in [1.29, 1.82) is 0 Å². The molecule has 2 amide bonds. The summed E-state index contributed by atoms with van der Waals surface area (Å²) < 4.78 is 4.77. The largest absolute Gasteiger partial charge is 0.361 e. The van der Waals surface area contributed by atoms with Crippen molar-refractivity contribution in [2.24, 2.45) is 0 Å². The number of hydrazine groups is 1. The lowest BCUT2D eigenvalue weighted by Crippen LogP contribution is -2.41. The zero-order chi connectivity index (χ0) is 13.8. The van der Waals surface area contributed by atoms with Crippen LogP contribution in [0.3, 0.4) is 0 Å². The van der Waals surface area contributed by atoms with E-state index in [2.05, 4.69) is 16.0 Å². The number of aryl methyl sites for hydroxylation is 2. The van der Waals surface area contributed by atoms with Crippen LogP contribution in [0.1, 0.15) is 32.2 Å². The first kappa shape index (κ1) is 12.8. The van der Waals surface area contributed by atoms with Gasteiger partial charge >= 0.3 is 0 Å². The van der Waals surface area contributed by atoms with Gasteiger partial charge in [0.05, 0.1) is 0 Å². The molecule has 19 heavy (non-hydrogen) atoms. The third kappa shape index (κ3) is 3.19. The van der Waals surface area contributed by atoms with Crippen LogP contribution in [0, 0.1) is 13.8 Å². The van der Waals surface area contributed by atoms with Crippen molar-refractivity contribution in [1.82, 2.24) is 16.0 Å². The molecule has 98 valence electrons. The van der Waals surface area contributed by atoms with Gasteiger partial charge in [0.1, 0.15) is 5.76 Å². The molecule has 0 unspecified atom stereocenters. The quantitative estimate of drug-likeness (QED) is 0.798. The Morgan fingerprint density at radius 2 is 1.68 bits per heavy atom. The summed E-state index contributed by atoms with van der Waals surface area (Å²) in [4.78, 5) is 23.3. The molecule has 2 rings (SSSR count). The lowest BCUT2D eigenvalue weighted by Gasteiger charge is -2.05. The molecule has 0 aliphatic carbocycles. The Labute approximate surface area is 109 Å². The van der Waals surface area contributed by atoms with Gasteiger partial charge in [-0.3, -0.25) is 20.4 Å². The smallest absolute Gasteiger partial charge is 0.291 e. The molecule has 0 fully saturated rings. The van der Waals surface area contributed by atoms with E-state index in [0.717, 1.165) is 5.56 Å². The predicted octanol–water partition coefficient (Wildman–Crippen LogP) is 1.37. The number of nitrogens with zero attached hydrogens (tertiary/aromatic N) is 1. The average Bonchev–Trinajstić information content (AvgIpc) is 2.83. The van der Waals surface area contributed by atoms with Crippen LogP contribution in [0.4, 0.5) is 0 Å². The normalized spacial score (nSPS) is 10.0. The summed E-state index contributed by atoms with van der Waals surface area (Å²) >= 11 is 0. The van der Waals surface area contributed by atoms with Crippen LogP contribution >= 0.6 is 0 Å². The highest BCUT2D eigenvalue weighted by Crippen LogP contribution is 2.03. The molecule has 0 aliphatic rings. The first-order valence-corrected chi connectivity index (χ1v) is 5.67. The van der Waals surface area contributed by atoms with E-state index < -0.39 is 11.8 Å². The van der Waals surface area contributed by atoms with E-state index >= 15 is 0 Å². The van der Waals surface area contributed by atoms with Gasteiger partial charge in [-0.25, -0.2) is 0 Å². The van der Waals surface area contributed by atoms with Crippen molar-refractivity contribution in [2.75, 3.05) is 0 Å². The fraction of sp³-hybridized carbons (Fsp3) is 0.154. The highest BCUT2D eigenvalue weighted by molar-refractivity contribution is 5.98. The van der Waals surface area contributed by atoms with E-state index in [9.17, 15) is 9.59 Å². The summed E-state index contributed by atoms with van der Waals surface area (Å²) in [5.41, 5.74) is 6.20. The SMILES string of the molecule is Cc1ccc(C(=O)NNC(=O)c2cc(C)on2)cc1. The summed E-state index contributed by atoms with van der Waals surface area (Å²) in [6, 6.07) is 8.47. The molecule has 1 aromatic carbocycles. The van der Waals surface area contributed by atoms with Gasteiger partial charge in [-0.2, -0.15) is 0 Å². The first-order valence-electron chi connectivity index (χ1n) is 5.67. The Balaban J connectivity index is 1.93. The van der Waals surface area contributed by atoms with E-state index in [1.165, 1.54) is 6.07 Å². The zero-order valence-electron chi connectivity index (χ0n) is 10.6. The third-order valence-electron chi connectivity index (χ3n) is 2.46. The van der Waals surface area contributed by atoms with Crippen LogP contribution < -0.4 is 10.9 Å². The molecule has 2 N–H and O–H groups in total. The molecular weight excluding hydrogens is 246 g/mol. The lowest BCUT2D eigenvalue weighted by molar-refractivity contribution is 0.0841. The number of nitrogens with one attached hydrogen (secondary N) is 2. The molecule has 0 atom stereocenters. The molecule has 0 saturated heterocycles. The summed E-state index contributed by atoms with van der Waals surface area (Å²) in [5.74, 6) is -0.402. The monoisotopic (exact) mass is 259 g/mol. The Morgan fingerprint density at radius 3 is 2.26 bits per heavy atom. The van der Waals surface area contributed by atoms with Gasteiger partial charge in [-0.1, -0.05) is 22.9 Å². The van der Waals surface area contributed by atoms with Gasteiger partial charge in [0.2, 0.25) is 0 Å². The van der Waals surface area contributed by atoms with E-state index in [1.54, 1.807) is 19.1 Å². The molecule has 0 spiro atoms. The van der Waals surface area contributed by atoms with E-state index in [1.807, 2.05) is 19.1 Å². The molecule has 6 nitrogen and oxygen atoms in total. The number of carbonyl (C=O) groups excluding carboxylic acids is 2. The Kier molecular flexibility index (Phi) is 3.61. The Hall–Kier alpha value is -2.63. The first-order chi connectivity index (χ1) is 9.06. The lowest BCUT2D eigenvalue weighted by atomic mass is 10.1. The van der Waals surface area contributed by atoms with Crippen molar-refractivity contribution < 1.29 is 14.1 Å². The standard InChI is InChI=1S/C13H13N3O3/c1-8-3-5-10(6-4-8)12(17)14-15-13(18)11-7-9(2)19-16-11/h3-7H,1-2H3,(H,14,17)(H,15,18). The second-order valence-corrected chi connectivity index (χ2v) is 4.10. The molecule has 0 bridgehead atoms. The minimum atomic E-state index is -0.530. The van der Waals surface area contributed by atoms with Crippen LogP contribution in [-0.4, -0.2) is 17.0 Å². The van der Waals surface area contributed by atoms with Crippen molar-refractivity contribution >= 4 is 11.8 Å². The molecular formula is C13H13N3O3. The number of hydrogen-bond acceptors (Lipinski definition) is 4. The number of hydrogen-bond donors (Lipinski definition) is 2. The fourth-order valence-electron chi connectivity index (χ4n) is 1.43. The topological polar surface area (TPSA) is 84.2 Å². The van der Waals surface area contributed by atoms with Crippen molar-refractivity contribution in [2.45, 2.75) is 13.8 Å². The van der Waals surface area contributed by atoms with Crippen LogP contribution in [0.25, 0.3) is 0 Å². The van der Waals surface area contributed by atoms with Crippen LogP contribution in [0.2, 0.25) is 0 Å². The number of carbonyl (C=O) groups is 2. The Morgan fingerprint density at radius 1 is 1.05 bits per heavy atom. The van der Waals surface area contributed by atoms with Gasteiger partial charge in [-0.15, -0.1) is 0 Å². The second kappa shape index (κ2) is 5.34. The van der Waals surface area contributed by atoms with E-state index in [4.69, 9.17) is 4.52 Å². The van der Waals surface area contributed by atoms with Crippen LogP contribution in [0.5, 0.6) is 0 Å². The van der Waals surface area contributed by atoms with Gasteiger partial charge in [0.15, 0.2) is 5.69 Å². The molecule has 2 aromatic rings. The zero-order valence-corrected chi connectivity index (χ0v) is 10.6. The Bertz CT molecular complexity index is 602. The molecule has 1 heterocycles. The number of aromatic nitrogens is 1. The fourth-order valence-corrected chi connectivity index (χ4v) is 1.43. The minimum absolute atomic E-state index is 0.113. The second-order valence-electron chi connectivity index (χ2n) is 4.10. The summed E-state index contributed by atoms with van der Waals surface area (Å²) in [7, 11) is 0. The van der Waals surface area contributed by atoms with Crippen molar-refractivity contribution in [3.8, 4) is 0 Å². The average molecular weight is 259 g/mol. The number of amides is 2. The van der Waals surface area contributed by atoms with Gasteiger partial charge < -0.3 is 4.52 Å². The molecule has 6 heteroatoms. The maximum Gasteiger partial charge on any atom is 0.291 e. The highest BCUT2D eigenvalue weighted by Gasteiger charge is 2.12. The highest BCUT2D eigenvalue weighted by atomic mass is 16.5. The van der Waals surface area contributed by atoms with Crippen molar-refractivity contribution in [3.05, 3.63) is 52.9 Å². The van der Waals surface area contributed by atoms with Crippen LogP contribution in [0.15, 0.2) is 34.9 Å². The number of rotatable bonds is 2. The van der Waals surface area contributed by atoms with Crippen LogP contribution in [-0.2, 0) is 0 Å². The van der Waals surface area contributed by atoms with Gasteiger partial charge in [0.25, 0.3) is 11.8 Å². The molecule has 0 saturated carbocycles. The van der Waals surface area contributed by atoms with Gasteiger partial charge in [0, 0.05) is 11.6 Å². The predicted molar refractivity (Wildman–Crippen MR) is 67.4 cm³/mol. The van der Waals surface area contributed by atoms with Gasteiger partial charge in [-0.05, 0) is 26.0 Å². The maximum atomic E-state index is 11.7. The van der Waals surface area contributed by atoms with E-state index in [-0.39, 0.29) is 5.69 Å². The summed E-state index contributed by atoms with van der Waals surface area (Å²) in [5, 5.41) is 3.54. The van der Waals surface area contributed by atoms with Crippen molar-refractivity contribution in [3.63, 3.8) is 0 Å².